The van der Waals surface area contributed by atoms with Crippen LogP contribution in [-0.4, -0.2) is 23.5 Å². The van der Waals surface area contributed by atoms with Gasteiger partial charge in [-0.2, -0.15) is 0 Å². The fourth-order valence-corrected chi connectivity index (χ4v) is 8.34. The number of ether oxygens (including phenoxy) is 2. The molecule has 0 aliphatic carbocycles. The average Bonchev–Trinajstić information content (AvgIpc) is 2.75. The summed E-state index contributed by atoms with van der Waals surface area (Å²) in [5.74, 6) is -1.07. The molecule has 3 rings (SSSR count). The zero-order valence-corrected chi connectivity index (χ0v) is 18.0. The van der Waals surface area contributed by atoms with Gasteiger partial charge in [0.05, 0.1) is 7.11 Å². The number of alkyl halides is 1. The summed E-state index contributed by atoms with van der Waals surface area (Å²) in [6.07, 6.45) is 0. The summed E-state index contributed by atoms with van der Waals surface area (Å²) in [6, 6.07) is 30.5. The Morgan fingerprint density at radius 1 is 0.815 bits per heavy atom. The minimum absolute atomic E-state index is 0.350. The van der Waals surface area contributed by atoms with E-state index in [1.165, 1.54) is 7.11 Å². The molecule has 27 heavy (non-hydrogen) atoms. The lowest BCUT2D eigenvalue weighted by molar-refractivity contribution is -0.147. The fourth-order valence-electron chi connectivity index (χ4n) is 3.34. The van der Waals surface area contributed by atoms with Crippen LogP contribution < -0.4 is 15.9 Å². The van der Waals surface area contributed by atoms with E-state index >= 15 is 0 Å². The van der Waals surface area contributed by atoms with Crippen molar-refractivity contribution in [1.29, 1.82) is 0 Å². The number of benzene rings is 3. The largest absolute Gasteiger partial charge is 0.464 e. The maximum absolute atomic E-state index is 12.9. The molecule has 0 heterocycles. The maximum atomic E-state index is 12.9. The van der Waals surface area contributed by atoms with E-state index in [0.717, 1.165) is 15.9 Å². The van der Waals surface area contributed by atoms with Crippen LogP contribution in [0.25, 0.3) is 0 Å². The van der Waals surface area contributed by atoms with Crippen molar-refractivity contribution in [3.63, 3.8) is 0 Å². The van der Waals surface area contributed by atoms with Gasteiger partial charge in [0.2, 0.25) is 0 Å². The molecule has 0 aliphatic heterocycles. The summed E-state index contributed by atoms with van der Waals surface area (Å²) in [5, 5.41) is 3.26. The van der Waals surface area contributed by atoms with Crippen molar-refractivity contribution in [2.75, 3.05) is 11.7 Å². The summed E-state index contributed by atoms with van der Waals surface area (Å²) in [7, 11) is -1.04. The van der Waals surface area contributed by atoms with Crippen LogP contribution in [0.3, 0.4) is 0 Å². The predicted molar refractivity (Wildman–Crippen MR) is 121 cm³/mol. The normalized spacial score (nSPS) is 12.4. The quantitative estimate of drug-likeness (QED) is 0.218. The Balaban J connectivity index is 2.40. The third-order valence-electron chi connectivity index (χ3n) is 4.47. The molecule has 0 fully saturated rings. The van der Waals surface area contributed by atoms with E-state index < -0.39 is 13.1 Å². The molecule has 0 aromatic heterocycles. The van der Waals surface area contributed by atoms with Gasteiger partial charge in [0, 0.05) is 0 Å². The zero-order chi connectivity index (χ0) is 19.1. The molecule has 0 saturated carbocycles. The van der Waals surface area contributed by atoms with E-state index in [4.69, 9.17) is 9.47 Å². The summed E-state index contributed by atoms with van der Waals surface area (Å²) in [4.78, 5) is 12.9. The van der Waals surface area contributed by atoms with Crippen LogP contribution in [0.1, 0.15) is 0 Å². The lowest BCUT2D eigenvalue weighted by Crippen LogP contribution is -2.44. The molecule has 3 aromatic carbocycles. The lowest BCUT2D eigenvalue weighted by atomic mass is 10.4. The van der Waals surface area contributed by atoms with Crippen LogP contribution in [0, 0.1) is 0 Å². The SMILES string of the molecule is COC(=O)C(OCI)[P+](c1ccccc1)(c1ccccc1)c1ccccc1. The number of esters is 1. The average molecular weight is 491 g/mol. The van der Waals surface area contributed by atoms with E-state index in [0.29, 0.717) is 4.61 Å². The van der Waals surface area contributed by atoms with E-state index in [-0.39, 0.29) is 5.97 Å². The number of hydrogen-bond donors (Lipinski definition) is 0. The summed E-state index contributed by atoms with van der Waals surface area (Å²) < 4.78 is 11.7. The van der Waals surface area contributed by atoms with Crippen molar-refractivity contribution in [2.45, 2.75) is 5.85 Å². The van der Waals surface area contributed by atoms with E-state index in [9.17, 15) is 4.79 Å². The van der Waals surface area contributed by atoms with Gasteiger partial charge in [-0.25, -0.2) is 4.79 Å². The molecular weight excluding hydrogens is 470 g/mol. The number of carbonyl (C=O) groups is 1. The monoisotopic (exact) mass is 491 g/mol. The molecule has 0 spiro atoms. The molecule has 3 nitrogen and oxygen atoms in total. The molecule has 5 heteroatoms. The van der Waals surface area contributed by atoms with Gasteiger partial charge in [-0.3, -0.25) is 0 Å². The van der Waals surface area contributed by atoms with Gasteiger partial charge in [0.15, 0.2) is 7.26 Å². The smallest absolute Gasteiger partial charge is 0.376 e. The number of hydrogen-bond acceptors (Lipinski definition) is 3. The molecule has 1 atom stereocenters. The number of halogens is 1. The first-order valence-electron chi connectivity index (χ1n) is 8.56. The molecular formula is C22H21IO3P+. The number of methoxy groups -OCH3 is 1. The van der Waals surface area contributed by atoms with E-state index in [1.807, 2.05) is 54.6 Å². The molecule has 0 aliphatic rings. The molecule has 138 valence electrons. The Hall–Kier alpha value is -1.75. The third kappa shape index (κ3) is 3.93. The van der Waals surface area contributed by atoms with Crippen molar-refractivity contribution >= 4 is 51.7 Å². The first kappa shape index (κ1) is 20.0. The topological polar surface area (TPSA) is 35.5 Å². The Kier molecular flexibility index (Phi) is 7.00. The Morgan fingerprint density at radius 2 is 1.19 bits per heavy atom. The van der Waals surface area contributed by atoms with Gasteiger partial charge in [-0.05, 0) is 36.4 Å². The highest BCUT2D eigenvalue weighted by Gasteiger charge is 2.57. The molecule has 0 bridgehead atoms. The second kappa shape index (κ2) is 9.45. The van der Waals surface area contributed by atoms with Crippen molar-refractivity contribution in [3.05, 3.63) is 91.0 Å². The minimum Gasteiger partial charge on any atom is -0.464 e. The van der Waals surface area contributed by atoms with Crippen LogP contribution in [0.2, 0.25) is 0 Å². The minimum atomic E-state index is -2.45. The summed E-state index contributed by atoms with van der Waals surface area (Å²) >= 11 is 2.14. The van der Waals surface area contributed by atoms with Crippen molar-refractivity contribution in [2.24, 2.45) is 0 Å². The first-order chi connectivity index (χ1) is 13.2. The standard InChI is InChI=1S/C22H21IO3P/c1-25-21(24)22(26-17-23)27(18-11-5-2-6-12-18,19-13-7-3-8-14-19)20-15-9-4-10-16-20/h2-16,22H,17H2,1H3/q+1. The number of carbonyl (C=O) groups excluding carboxylic acids is 1. The molecule has 0 saturated heterocycles. The summed E-state index contributed by atoms with van der Waals surface area (Å²) in [6.45, 7) is 0. The second-order valence-electron chi connectivity index (χ2n) is 5.88. The maximum Gasteiger partial charge on any atom is 0.376 e. The van der Waals surface area contributed by atoms with Crippen molar-refractivity contribution in [3.8, 4) is 0 Å². The molecule has 0 radical (unpaired) electrons. The van der Waals surface area contributed by atoms with Gasteiger partial charge in [0.1, 0.15) is 20.5 Å². The van der Waals surface area contributed by atoms with Crippen molar-refractivity contribution in [1.82, 2.24) is 0 Å². The molecule has 0 N–H and O–H groups in total. The van der Waals surface area contributed by atoms with Crippen molar-refractivity contribution < 1.29 is 14.3 Å². The number of rotatable bonds is 7. The highest BCUT2D eigenvalue weighted by atomic mass is 127. The van der Waals surface area contributed by atoms with Gasteiger partial charge in [0.25, 0.3) is 5.85 Å². The molecule has 1 unspecified atom stereocenters. The Bertz CT molecular complexity index is 760. The van der Waals surface area contributed by atoms with Crippen LogP contribution >= 0.6 is 29.9 Å². The Labute approximate surface area is 174 Å². The molecule has 3 aromatic rings. The third-order valence-corrected chi connectivity index (χ3v) is 9.23. The predicted octanol–water partition coefficient (Wildman–Crippen LogP) is 3.89. The lowest BCUT2D eigenvalue weighted by Gasteiger charge is -2.32. The van der Waals surface area contributed by atoms with Gasteiger partial charge >= 0.3 is 5.97 Å². The highest BCUT2D eigenvalue weighted by Crippen LogP contribution is 2.60. The van der Waals surface area contributed by atoms with Crippen LogP contribution in [0.15, 0.2) is 91.0 Å². The zero-order valence-electron chi connectivity index (χ0n) is 15.0. The fraction of sp³-hybridized carbons (Fsp3) is 0.136. The van der Waals surface area contributed by atoms with E-state index in [1.54, 1.807) is 0 Å². The summed E-state index contributed by atoms with van der Waals surface area (Å²) in [5.41, 5.74) is 0. The Morgan fingerprint density at radius 3 is 1.48 bits per heavy atom. The molecule has 0 amide bonds. The van der Waals surface area contributed by atoms with Crippen LogP contribution in [0.5, 0.6) is 0 Å². The first-order valence-corrected chi connectivity index (χ1v) is 11.9. The van der Waals surface area contributed by atoms with Gasteiger partial charge < -0.3 is 9.47 Å². The van der Waals surface area contributed by atoms with Crippen LogP contribution in [0.4, 0.5) is 0 Å². The van der Waals surface area contributed by atoms with E-state index in [2.05, 4.69) is 59.0 Å². The highest BCUT2D eigenvalue weighted by molar-refractivity contribution is 14.1. The van der Waals surface area contributed by atoms with Gasteiger partial charge in [-0.1, -0.05) is 77.2 Å². The van der Waals surface area contributed by atoms with Crippen LogP contribution in [-0.2, 0) is 14.3 Å². The second-order valence-corrected chi connectivity index (χ2v) is 9.97. The van der Waals surface area contributed by atoms with Gasteiger partial charge in [-0.15, -0.1) is 0 Å².